The van der Waals surface area contributed by atoms with Gasteiger partial charge in [0.05, 0.1) is 6.10 Å². The fourth-order valence-corrected chi connectivity index (χ4v) is 2.48. The van der Waals surface area contributed by atoms with Crippen LogP contribution < -0.4 is 5.32 Å². The van der Waals surface area contributed by atoms with Crippen LogP contribution in [0.2, 0.25) is 0 Å². The number of rotatable bonds is 5. The van der Waals surface area contributed by atoms with Gasteiger partial charge in [-0.2, -0.15) is 0 Å². The van der Waals surface area contributed by atoms with Crippen LogP contribution in [0.5, 0.6) is 0 Å². The van der Waals surface area contributed by atoms with E-state index in [-0.39, 0.29) is 12.1 Å². The molecule has 0 aliphatic carbocycles. The monoisotopic (exact) mass is 233 g/mol. The van der Waals surface area contributed by atoms with Crippen LogP contribution in [0.15, 0.2) is 24.3 Å². The Labute approximate surface area is 104 Å². The SMILES string of the molecule is CCCCc1ccc(C(O)C2CCCN2)cc1. The van der Waals surface area contributed by atoms with Gasteiger partial charge in [0.2, 0.25) is 0 Å². The Bertz CT molecular complexity index is 327. The van der Waals surface area contributed by atoms with Crippen LogP contribution >= 0.6 is 0 Å². The van der Waals surface area contributed by atoms with Crippen LogP contribution in [-0.4, -0.2) is 17.7 Å². The highest BCUT2D eigenvalue weighted by Crippen LogP contribution is 2.23. The Morgan fingerprint density at radius 1 is 1.35 bits per heavy atom. The van der Waals surface area contributed by atoms with Gasteiger partial charge in [-0.25, -0.2) is 0 Å². The summed E-state index contributed by atoms with van der Waals surface area (Å²) in [6, 6.07) is 8.72. The van der Waals surface area contributed by atoms with Crippen LogP contribution in [0.3, 0.4) is 0 Å². The number of aryl methyl sites for hydroxylation is 1. The molecule has 0 saturated carbocycles. The van der Waals surface area contributed by atoms with Crippen molar-refractivity contribution in [3.05, 3.63) is 35.4 Å². The molecule has 1 aromatic rings. The zero-order valence-electron chi connectivity index (χ0n) is 10.7. The Morgan fingerprint density at radius 2 is 2.12 bits per heavy atom. The van der Waals surface area contributed by atoms with E-state index in [1.807, 2.05) is 0 Å². The number of benzene rings is 1. The second-order valence-corrected chi connectivity index (χ2v) is 4.99. The van der Waals surface area contributed by atoms with Gasteiger partial charge in [-0.1, -0.05) is 37.6 Å². The number of aliphatic hydroxyl groups is 1. The largest absolute Gasteiger partial charge is 0.387 e. The second-order valence-electron chi connectivity index (χ2n) is 4.99. The molecular weight excluding hydrogens is 210 g/mol. The van der Waals surface area contributed by atoms with E-state index in [0.717, 1.165) is 24.9 Å². The van der Waals surface area contributed by atoms with Gasteiger partial charge in [0, 0.05) is 6.04 Å². The first-order valence-corrected chi connectivity index (χ1v) is 6.81. The summed E-state index contributed by atoms with van der Waals surface area (Å²) < 4.78 is 0. The summed E-state index contributed by atoms with van der Waals surface area (Å²) in [4.78, 5) is 0. The van der Waals surface area contributed by atoms with Gasteiger partial charge < -0.3 is 10.4 Å². The third-order valence-corrected chi connectivity index (χ3v) is 3.62. The fourth-order valence-electron chi connectivity index (χ4n) is 2.48. The van der Waals surface area contributed by atoms with E-state index < -0.39 is 0 Å². The Balaban J connectivity index is 1.96. The van der Waals surface area contributed by atoms with Crippen LogP contribution in [-0.2, 0) is 6.42 Å². The number of aliphatic hydroxyl groups excluding tert-OH is 1. The van der Waals surface area contributed by atoms with Gasteiger partial charge in [-0.05, 0) is 43.4 Å². The molecule has 1 fully saturated rings. The summed E-state index contributed by atoms with van der Waals surface area (Å²) >= 11 is 0. The van der Waals surface area contributed by atoms with E-state index in [4.69, 9.17) is 0 Å². The molecule has 2 atom stereocenters. The minimum atomic E-state index is -0.349. The number of unbranched alkanes of at least 4 members (excludes halogenated alkanes) is 1. The van der Waals surface area contributed by atoms with Gasteiger partial charge in [0.1, 0.15) is 0 Å². The second kappa shape index (κ2) is 6.18. The minimum absolute atomic E-state index is 0.247. The molecule has 1 aliphatic rings. The third-order valence-electron chi connectivity index (χ3n) is 3.62. The summed E-state index contributed by atoms with van der Waals surface area (Å²) in [7, 11) is 0. The lowest BCUT2D eigenvalue weighted by Crippen LogP contribution is -2.28. The summed E-state index contributed by atoms with van der Waals surface area (Å²) in [6.45, 7) is 3.25. The molecule has 0 aromatic heterocycles. The van der Waals surface area contributed by atoms with Crippen molar-refractivity contribution in [2.75, 3.05) is 6.54 Å². The van der Waals surface area contributed by atoms with Crippen molar-refractivity contribution >= 4 is 0 Å². The molecule has 2 rings (SSSR count). The summed E-state index contributed by atoms with van der Waals surface area (Å²) in [6.07, 6.45) is 5.53. The predicted molar refractivity (Wildman–Crippen MR) is 71.0 cm³/mol. The highest BCUT2D eigenvalue weighted by Gasteiger charge is 2.23. The van der Waals surface area contributed by atoms with Crippen LogP contribution in [0.4, 0.5) is 0 Å². The van der Waals surface area contributed by atoms with Crippen molar-refractivity contribution in [1.29, 1.82) is 0 Å². The summed E-state index contributed by atoms with van der Waals surface area (Å²) in [5.41, 5.74) is 2.42. The third kappa shape index (κ3) is 3.30. The predicted octanol–water partition coefficient (Wildman–Crippen LogP) is 2.81. The molecule has 0 radical (unpaired) electrons. The smallest absolute Gasteiger partial charge is 0.0942 e. The zero-order valence-corrected chi connectivity index (χ0v) is 10.7. The molecule has 1 heterocycles. The van der Waals surface area contributed by atoms with Crippen molar-refractivity contribution in [1.82, 2.24) is 5.32 Å². The maximum Gasteiger partial charge on any atom is 0.0942 e. The standard InChI is InChI=1S/C15H23NO/c1-2-3-5-12-7-9-13(10-8-12)15(17)14-6-4-11-16-14/h7-10,14-17H,2-6,11H2,1H3. The average Bonchev–Trinajstić information content (AvgIpc) is 2.90. The van der Waals surface area contributed by atoms with Crippen molar-refractivity contribution in [3.63, 3.8) is 0 Å². The summed E-state index contributed by atoms with van der Waals surface area (Å²) in [5.74, 6) is 0. The molecule has 0 spiro atoms. The quantitative estimate of drug-likeness (QED) is 0.819. The van der Waals surface area contributed by atoms with Gasteiger partial charge in [0.25, 0.3) is 0 Å². The van der Waals surface area contributed by atoms with Crippen LogP contribution in [0, 0.1) is 0 Å². The van der Waals surface area contributed by atoms with Crippen molar-refractivity contribution in [2.45, 2.75) is 51.2 Å². The first-order valence-electron chi connectivity index (χ1n) is 6.81. The lowest BCUT2D eigenvalue weighted by atomic mass is 9.98. The first-order chi connectivity index (χ1) is 8.31. The first kappa shape index (κ1) is 12.6. The lowest BCUT2D eigenvalue weighted by Gasteiger charge is -2.18. The number of hydrogen-bond donors (Lipinski definition) is 2. The summed E-state index contributed by atoms with van der Waals surface area (Å²) in [5, 5.41) is 13.6. The van der Waals surface area contributed by atoms with Crippen LogP contribution in [0.1, 0.15) is 49.8 Å². The van der Waals surface area contributed by atoms with Crippen molar-refractivity contribution < 1.29 is 5.11 Å². The molecule has 2 nitrogen and oxygen atoms in total. The van der Waals surface area contributed by atoms with E-state index >= 15 is 0 Å². The Morgan fingerprint density at radius 3 is 2.71 bits per heavy atom. The zero-order chi connectivity index (χ0) is 12.1. The van der Waals surface area contributed by atoms with Crippen molar-refractivity contribution in [2.24, 2.45) is 0 Å². The van der Waals surface area contributed by atoms with E-state index in [1.54, 1.807) is 0 Å². The van der Waals surface area contributed by atoms with Gasteiger partial charge >= 0.3 is 0 Å². The maximum absolute atomic E-state index is 10.2. The number of hydrogen-bond acceptors (Lipinski definition) is 2. The average molecular weight is 233 g/mol. The molecule has 1 saturated heterocycles. The molecule has 17 heavy (non-hydrogen) atoms. The molecule has 2 N–H and O–H groups in total. The highest BCUT2D eigenvalue weighted by molar-refractivity contribution is 5.25. The van der Waals surface area contributed by atoms with Gasteiger partial charge in [0.15, 0.2) is 0 Å². The highest BCUT2D eigenvalue weighted by atomic mass is 16.3. The number of nitrogens with one attached hydrogen (secondary N) is 1. The molecule has 2 heteroatoms. The molecule has 1 aliphatic heterocycles. The van der Waals surface area contributed by atoms with E-state index in [2.05, 4.69) is 36.5 Å². The molecule has 1 aromatic carbocycles. The minimum Gasteiger partial charge on any atom is -0.387 e. The Kier molecular flexibility index (Phi) is 4.57. The van der Waals surface area contributed by atoms with E-state index in [1.165, 1.54) is 24.8 Å². The van der Waals surface area contributed by atoms with E-state index in [0.29, 0.717) is 0 Å². The molecule has 2 unspecified atom stereocenters. The van der Waals surface area contributed by atoms with Gasteiger partial charge in [-0.3, -0.25) is 0 Å². The fraction of sp³-hybridized carbons (Fsp3) is 0.600. The maximum atomic E-state index is 10.2. The van der Waals surface area contributed by atoms with Gasteiger partial charge in [-0.15, -0.1) is 0 Å². The molecular formula is C15H23NO. The van der Waals surface area contributed by atoms with Crippen molar-refractivity contribution in [3.8, 4) is 0 Å². The normalized spacial score (nSPS) is 21.6. The topological polar surface area (TPSA) is 32.3 Å². The van der Waals surface area contributed by atoms with Crippen LogP contribution in [0.25, 0.3) is 0 Å². The molecule has 0 amide bonds. The van der Waals surface area contributed by atoms with E-state index in [9.17, 15) is 5.11 Å². The Hall–Kier alpha value is -0.860. The molecule has 0 bridgehead atoms. The lowest BCUT2D eigenvalue weighted by molar-refractivity contribution is 0.137. The molecule has 94 valence electrons.